The molecule has 0 aromatic carbocycles. The Balaban J connectivity index is 5.16. The van der Waals surface area contributed by atoms with Gasteiger partial charge in [-0.2, -0.15) is 0 Å². The molecule has 100 heavy (non-hydrogen) atoms. The minimum absolute atomic E-state index is 0.107. The zero-order valence-electron chi connectivity index (χ0n) is 65.3. The van der Waals surface area contributed by atoms with Crippen molar-refractivity contribution in [2.24, 2.45) is 5.92 Å². The lowest BCUT2D eigenvalue weighted by Gasteiger charge is -2.21. The molecule has 0 rings (SSSR count). The maximum absolute atomic E-state index is 13.1. The smallest absolute Gasteiger partial charge is 0.462 e. The molecule has 0 aromatic rings. The summed E-state index contributed by atoms with van der Waals surface area (Å²) in [5.74, 6) is -1.34. The Kier molecular flexibility index (Phi) is 72.5. The molecule has 19 heteroatoms. The van der Waals surface area contributed by atoms with Gasteiger partial charge in [0.2, 0.25) is 0 Å². The average Bonchev–Trinajstić information content (AvgIpc) is 0.935. The first-order valence-electron chi connectivity index (χ1n) is 42.1. The monoisotopic (exact) mass is 1470 g/mol. The fourth-order valence-corrected chi connectivity index (χ4v) is 14.2. The molecule has 0 fully saturated rings. The number of unbranched alkanes of at least 4 members (excludes halogenated alkanes) is 53. The van der Waals surface area contributed by atoms with Crippen LogP contribution < -0.4 is 0 Å². The summed E-state index contributed by atoms with van der Waals surface area (Å²) in [6, 6.07) is 0. The van der Waals surface area contributed by atoms with E-state index < -0.39 is 97.5 Å². The van der Waals surface area contributed by atoms with Gasteiger partial charge in [0.25, 0.3) is 0 Å². The number of rotatable bonds is 81. The lowest BCUT2D eigenvalue weighted by molar-refractivity contribution is -0.161. The van der Waals surface area contributed by atoms with Crippen LogP contribution in [0.1, 0.15) is 433 Å². The van der Waals surface area contributed by atoms with E-state index >= 15 is 0 Å². The fourth-order valence-electron chi connectivity index (χ4n) is 12.6. The zero-order valence-corrected chi connectivity index (χ0v) is 67.1. The van der Waals surface area contributed by atoms with Gasteiger partial charge in [-0.1, -0.05) is 381 Å². The Labute approximate surface area is 613 Å². The predicted molar refractivity (Wildman–Crippen MR) is 409 cm³/mol. The van der Waals surface area contributed by atoms with Gasteiger partial charge in [-0.05, 0) is 31.6 Å². The quantitative estimate of drug-likeness (QED) is 0.0222. The van der Waals surface area contributed by atoms with Crippen LogP contribution in [0, 0.1) is 5.92 Å². The largest absolute Gasteiger partial charge is 0.472 e. The summed E-state index contributed by atoms with van der Waals surface area (Å²) >= 11 is 0. The summed E-state index contributed by atoms with van der Waals surface area (Å²) in [5.41, 5.74) is 0. The number of aliphatic hydroxyl groups excluding tert-OH is 1. The third-order valence-corrected chi connectivity index (χ3v) is 20.9. The van der Waals surface area contributed by atoms with Gasteiger partial charge < -0.3 is 33.8 Å². The molecule has 0 aliphatic carbocycles. The first kappa shape index (κ1) is 98.1. The number of hydrogen-bond donors (Lipinski definition) is 3. The van der Waals surface area contributed by atoms with Crippen LogP contribution in [0.15, 0.2) is 0 Å². The third-order valence-electron chi connectivity index (χ3n) is 19.0. The molecule has 0 saturated heterocycles. The molecule has 0 aliphatic rings. The van der Waals surface area contributed by atoms with Gasteiger partial charge in [0, 0.05) is 25.7 Å². The van der Waals surface area contributed by atoms with Gasteiger partial charge in [0.1, 0.15) is 19.3 Å². The van der Waals surface area contributed by atoms with Crippen LogP contribution in [0.3, 0.4) is 0 Å². The number of hydrogen-bond acceptors (Lipinski definition) is 15. The number of phosphoric ester groups is 2. The van der Waals surface area contributed by atoms with E-state index in [1.54, 1.807) is 0 Å². The maximum Gasteiger partial charge on any atom is 0.472 e. The van der Waals surface area contributed by atoms with E-state index in [1.165, 1.54) is 244 Å². The molecule has 2 unspecified atom stereocenters. The molecule has 0 amide bonds. The summed E-state index contributed by atoms with van der Waals surface area (Å²) in [5, 5.41) is 10.6. The van der Waals surface area contributed by atoms with Crippen molar-refractivity contribution in [3.05, 3.63) is 0 Å². The topological polar surface area (TPSA) is 237 Å². The molecule has 594 valence electrons. The lowest BCUT2D eigenvalue weighted by Crippen LogP contribution is -2.30. The van der Waals surface area contributed by atoms with E-state index in [-0.39, 0.29) is 25.7 Å². The van der Waals surface area contributed by atoms with Gasteiger partial charge >= 0.3 is 39.5 Å². The van der Waals surface area contributed by atoms with Crippen molar-refractivity contribution >= 4 is 39.5 Å². The third kappa shape index (κ3) is 74.3. The normalized spacial score (nSPS) is 13.8. The second-order valence-corrected chi connectivity index (χ2v) is 32.5. The van der Waals surface area contributed by atoms with E-state index in [1.807, 2.05) is 0 Å². The Hall–Kier alpha value is -1.94. The summed E-state index contributed by atoms with van der Waals surface area (Å²) < 4.78 is 68.6. The molecule has 0 aromatic heterocycles. The van der Waals surface area contributed by atoms with Crippen LogP contribution in [0.5, 0.6) is 0 Å². The number of ether oxygens (including phenoxy) is 4. The summed E-state index contributed by atoms with van der Waals surface area (Å²) in [7, 11) is -9.91. The Bertz CT molecular complexity index is 1910. The van der Waals surface area contributed by atoms with E-state index in [0.29, 0.717) is 25.7 Å². The molecule has 0 saturated carbocycles. The van der Waals surface area contributed by atoms with Gasteiger partial charge in [0.15, 0.2) is 12.2 Å². The van der Waals surface area contributed by atoms with Crippen molar-refractivity contribution in [3.63, 3.8) is 0 Å². The van der Waals surface area contributed by atoms with Crippen LogP contribution >= 0.6 is 15.6 Å². The minimum atomic E-state index is -4.96. The van der Waals surface area contributed by atoms with E-state index in [2.05, 4.69) is 34.6 Å². The SMILES string of the molecule is CCCCCCCCCCCCCCCCCCCCCCCCC(=O)O[C@H](COC(=O)CCCCCCCCCCCCCCCCCC)COP(=O)(O)OC[C@@H](O)COP(=O)(O)OC[C@@H](COC(=O)CCCCCCCCC)OC(=O)CCCCCCCCCCCCCCC(C)C. The molecule has 17 nitrogen and oxygen atoms in total. The molecule has 3 N–H and O–H groups in total. The summed E-state index contributed by atoms with van der Waals surface area (Å²) in [6.07, 6.45) is 65.5. The second kappa shape index (κ2) is 73.9. The number of carbonyl (C=O) groups excluding carboxylic acids is 4. The second-order valence-electron chi connectivity index (χ2n) is 29.6. The summed E-state index contributed by atoms with van der Waals surface area (Å²) in [6.45, 7) is 7.29. The van der Waals surface area contributed by atoms with E-state index in [4.69, 9.17) is 37.0 Å². The minimum Gasteiger partial charge on any atom is -0.462 e. The van der Waals surface area contributed by atoms with Crippen molar-refractivity contribution in [2.75, 3.05) is 39.6 Å². The lowest BCUT2D eigenvalue weighted by atomic mass is 10.0. The van der Waals surface area contributed by atoms with Crippen LogP contribution in [-0.4, -0.2) is 96.7 Å². The molecular weight excluding hydrogens is 1310 g/mol. The number of carbonyl (C=O) groups is 4. The molecule has 0 spiro atoms. The number of phosphoric acid groups is 2. The summed E-state index contributed by atoms with van der Waals surface area (Å²) in [4.78, 5) is 72.9. The Morgan fingerprint density at radius 3 is 0.680 bits per heavy atom. The Morgan fingerprint density at radius 1 is 0.270 bits per heavy atom. The molecule has 0 radical (unpaired) electrons. The maximum atomic E-state index is 13.1. The van der Waals surface area contributed by atoms with Crippen LogP contribution in [-0.2, 0) is 65.4 Å². The van der Waals surface area contributed by atoms with Crippen LogP contribution in [0.2, 0.25) is 0 Å². The molecule has 5 atom stereocenters. The van der Waals surface area contributed by atoms with Gasteiger partial charge in [-0.25, -0.2) is 9.13 Å². The standard InChI is InChI=1S/C81H158O17P2/c1-6-9-12-15-18-20-22-24-26-28-29-30-31-32-33-35-37-42-46-51-56-61-66-81(86)98-77(71-92-79(84)65-60-55-50-45-41-36-34-27-25-23-21-19-16-13-10-7-2)73-96-100(89,90)94-69-75(82)68-93-99(87,88)95-72-76(70-91-78(83)64-59-54-48-17-14-11-8-3)97-80(85)67-62-57-52-47-43-39-38-40-44-49-53-58-63-74(4)5/h74-77,82H,6-73H2,1-5H3,(H,87,88)(H,89,90)/t75-,76+,77+/m0/s1. The molecule has 0 aliphatic heterocycles. The average molecular weight is 1470 g/mol. The molecule has 0 heterocycles. The van der Waals surface area contributed by atoms with E-state index in [9.17, 15) is 43.2 Å². The Morgan fingerprint density at radius 2 is 0.460 bits per heavy atom. The van der Waals surface area contributed by atoms with Crippen molar-refractivity contribution in [3.8, 4) is 0 Å². The van der Waals surface area contributed by atoms with Crippen molar-refractivity contribution in [2.45, 2.75) is 451 Å². The van der Waals surface area contributed by atoms with Crippen LogP contribution in [0.25, 0.3) is 0 Å². The van der Waals surface area contributed by atoms with Gasteiger partial charge in [-0.3, -0.25) is 37.3 Å². The number of aliphatic hydroxyl groups is 1. The number of esters is 4. The highest BCUT2D eigenvalue weighted by atomic mass is 31.2. The molecular formula is C81H158O17P2. The van der Waals surface area contributed by atoms with Crippen molar-refractivity contribution < 1.29 is 80.2 Å². The highest BCUT2D eigenvalue weighted by Gasteiger charge is 2.30. The predicted octanol–water partition coefficient (Wildman–Crippen LogP) is 24.4. The zero-order chi connectivity index (χ0) is 73.4. The first-order valence-corrected chi connectivity index (χ1v) is 45.1. The highest BCUT2D eigenvalue weighted by Crippen LogP contribution is 2.45. The van der Waals surface area contributed by atoms with Gasteiger partial charge in [0.05, 0.1) is 26.4 Å². The fraction of sp³-hybridized carbons (Fsp3) is 0.951. The van der Waals surface area contributed by atoms with E-state index in [0.717, 1.165) is 109 Å². The van der Waals surface area contributed by atoms with Gasteiger partial charge in [-0.15, -0.1) is 0 Å². The highest BCUT2D eigenvalue weighted by molar-refractivity contribution is 7.47. The van der Waals surface area contributed by atoms with Crippen LogP contribution in [0.4, 0.5) is 0 Å². The first-order chi connectivity index (χ1) is 48.5. The van der Waals surface area contributed by atoms with Crippen molar-refractivity contribution in [1.29, 1.82) is 0 Å². The molecule has 0 bridgehead atoms. The van der Waals surface area contributed by atoms with Crippen molar-refractivity contribution in [1.82, 2.24) is 0 Å².